The Bertz CT molecular complexity index is 578. The number of halogens is 1. The number of aliphatic hydroxyl groups excluding tert-OH is 2. The lowest BCUT2D eigenvalue weighted by molar-refractivity contribution is -0.956. The van der Waals surface area contributed by atoms with Crippen LogP contribution >= 0.6 is 0 Å². The Morgan fingerprint density at radius 3 is 2.00 bits per heavy atom. The fourth-order valence-corrected chi connectivity index (χ4v) is 3.39. The molecule has 1 aliphatic heterocycles. The summed E-state index contributed by atoms with van der Waals surface area (Å²) >= 11 is 0. The molecule has 0 bridgehead atoms. The molecule has 3 rings (SSSR count). The van der Waals surface area contributed by atoms with Crippen LogP contribution in [0.25, 0.3) is 0 Å². The van der Waals surface area contributed by atoms with Crippen molar-refractivity contribution >= 4 is 0 Å². The monoisotopic (exact) mass is 319 g/mol. The van der Waals surface area contributed by atoms with Crippen LogP contribution in [0.5, 0.6) is 0 Å². The minimum absolute atomic E-state index is 0. The number of quaternary nitrogens is 1. The number of nitrogens with one attached hydrogen (secondary N) is 1. The molecule has 2 aromatic carbocycles. The number of hydrogen-bond acceptors (Lipinski definition) is 2. The van der Waals surface area contributed by atoms with Gasteiger partial charge < -0.3 is 27.5 Å². The molecule has 0 aliphatic carbocycles. The highest BCUT2D eigenvalue weighted by molar-refractivity contribution is 5.20. The fourth-order valence-electron chi connectivity index (χ4n) is 3.39. The second-order valence-electron chi connectivity index (χ2n) is 5.90. The number of aliphatic hydroxyl groups is 2. The van der Waals surface area contributed by atoms with Crippen LogP contribution in [0.4, 0.5) is 0 Å². The smallest absolute Gasteiger partial charge is 0.143 e. The Morgan fingerprint density at radius 2 is 1.41 bits per heavy atom. The SMILES string of the molecule is C[C@@H]1[C@@H](O)[C@@H](O)[C@H](c2ccccc2)[NH+]1Cc1ccccc1.[Cl-]. The first-order valence-corrected chi connectivity index (χ1v) is 7.49. The van der Waals surface area contributed by atoms with Crippen LogP contribution < -0.4 is 17.3 Å². The summed E-state index contributed by atoms with van der Waals surface area (Å²) in [4.78, 5) is 1.22. The third-order valence-electron chi connectivity index (χ3n) is 4.60. The van der Waals surface area contributed by atoms with Gasteiger partial charge in [0.2, 0.25) is 0 Å². The molecule has 2 aromatic rings. The largest absolute Gasteiger partial charge is 1.00 e. The molecule has 0 amide bonds. The zero-order valence-corrected chi connectivity index (χ0v) is 13.3. The topological polar surface area (TPSA) is 44.9 Å². The molecule has 1 saturated heterocycles. The van der Waals surface area contributed by atoms with E-state index >= 15 is 0 Å². The fraction of sp³-hybridized carbons (Fsp3) is 0.333. The molecule has 0 spiro atoms. The minimum Gasteiger partial charge on any atom is -1.00 e. The van der Waals surface area contributed by atoms with Crippen molar-refractivity contribution in [2.45, 2.75) is 37.8 Å². The van der Waals surface area contributed by atoms with Crippen molar-refractivity contribution in [2.24, 2.45) is 0 Å². The van der Waals surface area contributed by atoms with Crippen molar-refractivity contribution < 1.29 is 27.5 Å². The maximum Gasteiger partial charge on any atom is 0.143 e. The van der Waals surface area contributed by atoms with E-state index in [4.69, 9.17) is 0 Å². The molecule has 3 N–H and O–H groups in total. The molecule has 3 nitrogen and oxygen atoms in total. The summed E-state index contributed by atoms with van der Waals surface area (Å²) in [6.45, 7) is 2.81. The van der Waals surface area contributed by atoms with Gasteiger partial charge in [-0.15, -0.1) is 0 Å². The molecule has 1 unspecified atom stereocenters. The van der Waals surface area contributed by atoms with Crippen molar-refractivity contribution in [2.75, 3.05) is 0 Å². The van der Waals surface area contributed by atoms with Crippen LogP contribution in [0.1, 0.15) is 24.1 Å². The van der Waals surface area contributed by atoms with E-state index in [2.05, 4.69) is 12.1 Å². The summed E-state index contributed by atoms with van der Waals surface area (Å²) in [5.41, 5.74) is 2.31. The van der Waals surface area contributed by atoms with E-state index in [0.29, 0.717) is 0 Å². The summed E-state index contributed by atoms with van der Waals surface area (Å²) in [7, 11) is 0. The molecule has 0 radical (unpaired) electrons. The Morgan fingerprint density at radius 1 is 0.864 bits per heavy atom. The molecule has 1 fully saturated rings. The zero-order valence-electron chi connectivity index (χ0n) is 12.6. The summed E-state index contributed by atoms with van der Waals surface area (Å²) in [5.74, 6) is 0. The van der Waals surface area contributed by atoms with Crippen LogP contribution in [0, 0.1) is 0 Å². The Kier molecular flexibility index (Phi) is 5.59. The van der Waals surface area contributed by atoms with Gasteiger partial charge in [-0.2, -0.15) is 0 Å². The second kappa shape index (κ2) is 7.25. The predicted molar refractivity (Wildman–Crippen MR) is 81.8 cm³/mol. The molecular formula is C18H22ClNO2. The van der Waals surface area contributed by atoms with Crippen molar-refractivity contribution in [1.82, 2.24) is 0 Å². The summed E-state index contributed by atoms with van der Waals surface area (Å²) in [6, 6.07) is 20.2. The number of rotatable bonds is 3. The van der Waals surface area contributed by atoms with Crippen LogP contribution in [0.2, 0.25) is 0 Å². The zero-order chi connectivity index (χ0) is 14.8. The van der Waals surface area contributed by atoms with E-state index < -0.39 is 12.2 Å². The van der Waals surface area contributed by atoms with E-state index in [1.165, 1.54) is 10.5 Å². The molecule has 22 heavy (non-hydrogen) atoms. The van der Waals surface area contributed by atoms with E-state index in [1.807, 2.05) is 55.5 Å². The van der Waals surface area contributed by atoms with Crippen molar-refractivity contribution in [1.29, 1.82) is 0 Å². The Balaban J connectivity index is 0.00000176. The minimum atomic E-state index is -0.721. The van der Waals surface area contributed by atoms with Gasteiger partial charge in [0.15, 0.2) is 0 Å². The average Bonchev–Trinajstić information content (AvgIpc) is 2.74. The lowest BCUT2D eigenvalue weighted by Gasteiger charge is -2.26. The standard InChI is InChI=1S/C18H21NO2.ClH/c1-13-17(20)18(21)16(15-10-6-3-7-11-15)19(13)12-14-8-4-2-5-9-14;/h2-11,13,16-18,20-21H,12H2,1H3;1H/t13-,16+,17-,18+;/m1./s1. The maximum atomic E-state index is 10.5. The summed E-state index contributed by atoms with van der Waals surface area (Å²) in [6.07, 6.45) is -1.41. The molecule has 0 aromatic heterocycles. The molecule has 1 aliphatic rings. The molecule has 1 heterocycles. The molecule has 4 heteroatoms. The van der Waals surface area contributed by atoms with E-state index in [-0.39, 0.29) is 24.5 Å². The van der Waals surface area contributed by atoms with E-state index in [9.17, 15) is 10.2 Å². The van der Waals surface area contributed by atoms with Gasteiger partial charge in [0.05, 0.1) is 0 Å². The van der Waals surface area contributed by atoms with Gasteiger partial charge in [-0.05, 0) is 6.92 Å². The highest BCUT2D eigenvalue weighted by Crippen LogP contribution is 2.23. The van der Waals surface area contributed by atoms with Crippen LogP contribution in [0.3, 0.4) is 0 Å². The van der Waals surface area contributed by atoms with Crippen molar-refractivity contribution in [3.63, 3.8) is 0 Å². The maximum absolute atomic E-state index is 10.5. The summed E-state index contributed by atoms with van der Waals surface area (Å²) < 4.78 is 0. The van der Waals surface area contributed by atoms with Crippen LogP contribution in [-0.2, 0) is 6.54 Å². The third-order valence-corrected chi connectivity index (χ3v) is 4.60. The number of hydrogen-bond donors (Lipinski definition) is 3. The van der Waals surface area contributed by atoms with E-state index in [1.54, 1.807) is 0 Å². The molecule has 0 saturated carbocycles. The van der Waals surface area contributed by atoms with Crippen molar-refractivity contribution in [3.8, 4) is 0 Å². The second-order valence-corrected chi connectivity index (χ2v) is 5.90. The normalized spacial score (nSPS) is 30.8. The highest BCUT2D eigenvalue weighted by Gasteiger charge is 2.49. The van der Waals surface area contributed by atoms with Crippen LogP contribution in [-0.4, -0.2) is 28.5 Å². The van der Waals surface area contributed by atoms with Gasteiger partial charge in [-0.1, -0.05) is 60.7 Å². The summed E-state index contributed by atoms with van der Waals surface area (Å²) in [5, 5.41) is 20.7. The number of likely N-dealkylation sites (tertiary alicyclic amines) is 1. The predicted octanol–water partition coefficient (Wildman–Crippen LogP) is -2.06. The molecule has 118 valence electrons. The van der Waals surface area contributed by atoms with Crippen LogP contribution in [0.15, 0.2) is 60.7 Å². The van der Waals surface area contributed by atoms with Gasteiger partial charge in [0, 0.05) is 11.1 Å². The van der Waals surface area contributed by atoms with Crippen molar-refractivity contribution in [3.05, 3.63) is 71.8 Å². The third kappa shape index (κ3) is 3.18. The lowest BCUT2D eigenvalue weighted by atomic mass is 10.0. The van der Waals surface area contributed by atoms with Gasteiger partial charge in [0.25, 0.3) is 0 Å². The lowest BCUT2D eigenvalue weighted by Crippen LogP contribution is -3.13. The number of benzene rings is 2. The van der Waals surface area contributed by atoms with E-state index in [0.717, 1.165) is 12.1 Å². The first-order valence-electron chi connectivity index (χ1n) is 7.49. The van der Waals surface area contributed by atoms with Gasteiger partial charge in [-0.3, -0.25) is 0 Å². The Labute approximate surface area is 137 Å². The quantitative estimate of drug-likeness (QED) is 0.609. The van der Waals surface area contributed by atoms with Gasteiger partial charge >= 0.3 is 0 Å². The molecule has 5 atom stereocenters. The van der Waals surface area contributed by atoms with Gasteiger partial charge in [-0.25, -0.2) is 0 Å². The Hall–Kier alpha value is -1.39. The first-order chi connectivity index (χ1) is 10.2. The highest BCUT2D eigenvalue weighted by atomic mass is 35.5. The van der Waals surface area contributed by atoms with Gasteiger partial charge in [0.1, 0.15) is 30.8 Å². The molecular weight excluding hydrogens is 298 g/mol. The first kappa shape index (κ1) is 17.0. The average molecular weight is 320 g/mol.